The molecule has 0 aliphatic rings. The summed E-state index contributed by atoms with van der Waals surface area (Å²) in [6.07, 6.45) is 0.970. The molecule has 0 fully saturated rings. The fourth-order valence-corrected chi connectivity index (χ4v) is 2.69. The van der Waals surface area contributed by atoms with Crippen LogP contribution in [0.4, 0.5) is 5.69 Å². The summed E-state index contributed by atoms with van der Waals surface area (Å²) in [5.41, 5.74) is 3.81. The Labute approximate surface area is 149 Å². The van der Waals surface area contributed by atoms with Gasteiger partial charge in [-0.1, -0.05) is 63.2 Å². The Kier molecular flexibility index (Phi) is 6.34. The van der Waals surface area contributed by atoms with Crippen LogP contribution in [0.2, 0.25) is 0 Å². The van der Waals surface area contributed by atoms with Crippen molar-refractivity contribution in [2.45, 2.75) is 40.2 Å². The Morgan fingerprint density at radius 2 is 1.60 bits per heavy atom. The molecular formula is C21H26N2O2. The quantitative estimate of drug-likeness (QED) is 0.809. The van der Waals surface area contributed by atoms with Gasteiger partial charge in [0.25, 0.3) is 0 Å². The van der Waals surface area contributed by atoms with Crippen molar-refractivity contribution in [3.63, 3.8) is 0 Å². The normalized spacial score (nSPS) is 11.9. The van der Waals surface area contributed by atoms with Crippen molar-refractivity contribution in [1.29, 1.82) is 0 Å². The average Bonchev–Trinajstić information content (AvgIpc) is 2.61. The van der Waals surface area contributed by atoms with Gasteiger partial charge in [0.05, 0.1) is 6.04 Å². The number of carbonyl (C=O) groups is 2. The lowest BCUT2D eigenvalue weighted by Crippen LogP contribution is -2.39. The summed E-state index contributed by atoms with van der Waals surface area (Å²) >= 11 is 0. The van der Waals surface area contributed by atoms with Gasteiger partial charge in [-0.25, -0.2) is 0 Å². The van der Waals surface area contributed by atoms with Crippen molar-refractivity contribution in [1.82, 2.24) is 5.32 Å². The van der Waals surface area contributed by atoms with E-state index in [2.05, 4.69) is 29.7 Å². The molecule has 0 saturated carbocycles. The van der Waals surface area contributed by atoms with E-state index in [1.807, 2.05) is 51.1 Å². The molecule has 4 heteroatoms. The third kappa shape index (κ3) is 4.92. The number of aryl methyl sites for hydroxylation is 2. The summed E-state index contributed by atoms with van der Waals surface area (Å²) in [7, 11) is 0. The third-order valence-electron chi connectivity index (χ3n) is 4.30. The third-order valence-corrected chi connectivity index (χ3v) is 4.30. The van der Waals surface area contributed by atoms with Gasteiger partial charge in [0.1, 0.15) is 0 Å². The molecular weight excluding hydrogens is 312 g/mol. The van der Waals surface area contributed by atoms with Crippen molar-refractivity contribution in [2.24, 2.45) is 5.92 Å². The molecule has 0 bridgehead atoms. The molecule has 1 atom stereocenters. The van der Waals surface area contributed by atoms with Crippen LogP contribution in [0, 0.1) is 12.8 Å². The molecule has 0 radical (unpaired) electrons. The highest BCUT2D eigenvalue weighted by Crippen LogP contribution is 2.22. The van der Waals surface area contributed by atoms with Crippen molar-refractivity contribution in [3.05, 3.63) is 65.2 Å². The zero-order valence-corrected chi connectivity index (χ0v) is 15.3. The summed E-state index contributed by atoms with van der Waals surface area (Å²) in [6.45, 7) is 8.04. The molecule has 2 aromatic carbocycles. The number of para-hydroxylation sites is 1. The first-order valence-corrected chi connectivity index (χ1v) is 8.68. The Balaban J connectivity index is 2.09. The minimum Gasteiger partial charge on any atom is -0.341 e. The second kappa shape index (κ2) is 8.47. The molecule has 0 saturated heterocycles. The van der Waals surface area contributed by atoms with Crippen LogP contribution in [-0.4, -0.2) is 11.8 Å². The molecule has 0 aliphatic heterocycles. The van der Waals surface area contributed by atoms with Crippen LogP contribution in [0.5, 0.6) is 0 Å². The van der Waals surface area contributed by atoms with Gasteiger partial charge in [0, 0.05) is 5.69 Å². The number of hydrogen-bond acceptors (Lipinski definition) is 2. The fourth-order valence-electron chi connectivity index (χ4n) is 2.69. The van der Waals surface area contributed by atoms with Crippen LogP contribution < -0.4 is 10.6 Å². The first-order valence-electron chi connectivity index (χ1n) is 8.68. The van der Waals surface area contributed by atoms with Gasteiger partial charge in [-0.3, -0.25) is 9.59 Å². The number of anilines is 1. The Morgan fingerprint density at radius 3 is 2.16 bits per heavy atom. The van der Waals surface area contributed by atoms with E-state index in [0.717, 1.165) is 17.5 Å². The maximum atomic E-state index is 12.3. The van der Waals surface area contributed by atoms with Gasteiger partial charge in [-0.2, -0.15) is 0 Å². The largest absolute Gasteiger partial charge is 0.341 e. The molecule has 0 aliphatic carbocycles. The standard InChI is InChI=1S/C21H26N2O2/c1-5-16-10-12-17(13-11-16)19(14(2)3)23-21(25)20(24)22-18-9-7-6-8-15(18)4/h6-14,19H,5H2,1-4H3,(H,22,24)(H,23,25). The lowest BCUT2D eigenvalue weighted by Gasteiger charge is -2.23. The number of hydrogen-bond donors (Lipinski definition) is 2. The summed E-state index contributed by atoms with van der Waals surface area (Å²) in [4.78, 5) is 24.6. The predicted molar refractivity (Wildman–Crippen MR) is 101 cm³/mol. The van der Waals surface area contributed by atoms with E-state index in [1.165, 1.54) is 5.56 Å². The van der Waals surface area contributed by atoms with Gasteiger partial charge < -0.3 is 10.6 Å². The van der Waals surface area contributed by atoms with E-state index in [0.29, 0.717) is 5.69 Å². The SMILES string of the molecule is CCc1ccc(C(NC(=O)C(=O)Nc2ccccc2C)C(C)C)cc1. The van der Waals surface area contributed by atoms with E-state index in [4.69, 9.17) is 0 Å². The van der Waals surface area contributed by atoms with E-state index in [-0.39, 0.29) is 12.0 Å². The van der Waals surface area contributed by atoms with Crippen LogP contribution >= 0.6 is 0 Å². The van der Waals surface area contributed by atoms with E-state index >= 15 is 0 Å². The molecule has 0 heterocycles. The van der Waals surface area contributed by atoms with E-state index in [1.54, 1.807) is 6.07 Å². The van der Waals surface area contributed by atoms with Crippen LogP contribution in [0.1, 0.15) is 43.5 Å². The van der Waals surface area contributed by atoms with Gasteiger partial charge in [0.2, 0.25) is 0 Å². The summed E-state index contributed by atoms with van der Waals surface area (Å²) in [5, 5.41) is 5.53. The van der Waals surface area contributed by atoms with E-state index in [9.17, 15) is 9.59 Å². The number of nitrogens with one attached hydrogen (secondary N) is 2. The van der Waals surface area contributed by atoms with Crippen molar-refractivity contribution < 1.29 is 9.59 Å². The van der Waals surface area contributed by atoms with Crippen molar-refractivity contribution in [2.75, 3.05) is 5.32 Å². The molecule has 0 aromatic heterocycles. The monoisotopic (exact) mass is 338 g/mol. The van der Waals surface area contributed by atoms with Gasteiger partial charge in [-0.05, 0) is 42.0 Å². The van der Waals surface area contributed by atoms with Crippen molar-refractivity contribution >= 4 is 17.5 Å². The molecule has 2 N–H and O–H groups in total. The minimum atomic E-state index is -0.648. The first-order chi connectivity index (χ1) is 11.9. The molecule has 2 rings (SSSR count). The lowest BCUT2D eigenvalue weighted by molar-refractivity contribution is -0.136. The molecule has 132 valence electrons. The smallest absolute Gasteiger partial charge is 0.313 e. The van der Waals surface area contributed by atoms with Crippen LogP contribution in [0.25, 0.3) is 0 Å². The topological polar surface area (TPSA) is 58.2 Å². The highest BCUT2D eigenvalue weighted by molar-refractivity contribution is 6.39. The molecule has 2 amide bonds. The van der Waals surface area contributed by atoms with Gasteiger partial charge in [0.15, 0.2) is 0 Å². The number of amides is 2. The highest BCUT2D eigenvalue weighted by Gasteiger charge is 2.22. The zero-order valence-electron chi connectivity index (χ0n) is 15.3. The van der Waals surface area contributed by atoms with Crippen molar-refractivity contribution in [3.8, 4) is 0 Å². The lowest BCUT2D eigenvalue weighted by atomic mass is 9.95. The minimum absolute atomic E-state index is 0.169. The summed E-state index contributed by atoms with van der Waals surface area (Å²) in [6, 6.07) is 15.3. The van der Waals surface area contributed by atoms with Crippen LogP contribution in [-0.2, 0) is 16.0 Å². The van der Waals surface area contributed by atoms with E-state index < -0.39 is 11.8 Å². The van der Waals surface area contributed by atoms with Crippen LogP contribution in [0.3, 0.4) is 0 Å². The van der Waals surface area contributed by atoms with Gasteiger partial charge in [-0.15, -0.1) is 0 Å². The molecule has 4 nitrogen and oxygen atoms in total. The van der Waals surface area contributed by atoms with Gasteiger partial charge >= 0.3 is 11.8 Å². The second-order valence-corrected chi connectivity index (χ2v) is 6.56. The Hall–Kier alpha value is -2.62. The first kappa shape index (κ1) is 18.7. The highest BCUT2D eigenvalue weighted by atomic mass is 16.2. The zero-order chi connectivity index (χ0) is 18.4. The maximum absolute atomic E-state index is 12.3. The maximum Gasteiger partial charge on any atom is 0.313 e. The molecule has 2 aromatic rings. The molecule has 0 spiro atoms. The second-order valence-electron chi connectivity index (χ2n) is 6.56. The average molecular weight is 338 g/mol. The number of benzene rings is 2. The Morgan fingerprint density at radius 1 is 0.960 bits per heavy atom. The molecule has 25 heavy (non-hydrogen) atoms. The Bertz CT molecular complexity index is 736. The fraction of sp³-hybridized carbons (Fsp3) is 0.333. The number of carbonyl (C=O) groups excluding carboxylic acids is 2. The summed E-state index contributed by atoms with van der Waals surface area (Å²) in [5.74, 6) is -1.10. The van der Waals surface area contributed by atoms with Crippen LogP contribution in [0.15, 0.2) is 48.5 Å². The molecule has 1 unspecified atom stereocenters. The number of rotatable bonds is 5. The summed E-state index contributed by atoms with van der Waals surface area (Å²) < 4.78 is 0. The predicted octanol–water partition coefficient (Wildman–Crippen LogP) is 4.01.